The van der Waals surface area contributed by atoms with Crippen LogP contribution in [0.4, 0.5) is 0 Å². The molecule has 1 atom stereocenters. The topological polar surface area (TPSA) is 55.4 Å². The number of aldehydes is 1. The van der Waals surface area contributed by atoms with Gasteiger partial charge in [-0.1, -0.05) is 0 Å². The Labute approximate surface area is 72.3 Å². The molecule has 1 amide bonds. The van der Waals surface area contributed by atoms with Crippen LogP contribution in [0.25, 0.3) is 0 Å². The van der Waals surface area contributed by atoms with Crippen LogP contribution in [0.1, 0.15) is 19.8 Å². The fraction of sp³-hybridized carbons (Fsp3) is 0.750. The van der Waals surface area contributed by atoms with Crippen LogP contribution in [0.2, 0.25) is 0 Å². The summed E-state index contributed by atoms with van der Waals surface area (Å²) in [5.41, 5.74) is 0. The van der Waals surface area contributed by atoms with Crippen molar-refractivity contribution in [3.63, 3.8) is 0 Å². The Morgan fingerprint density at radius 2 is 2.33 bits per heavy atom. The van der Waals surface area contributed by atoms with Crippen molar-refractivity contribution in [3.05, 3.63) is 0 Å². The minimum Gasteiger partial charge on any atom is -0.385 e. The first-order valence-electron chi connectivity index (χ1n) is 3.98. The molecule has 0 saturated carbocycles. The molecule has 4 nitrogen and oxygen atoms in total. The second-order valence-electron chi connectivity index (χ2n) is 2.43. The van der Waals surface area contributed by atoms with E-state index in [-0.39, 0.29) is 11.9 Å². The number of hydrogen-bond acceptors (Lipinski definition) is 3. The third kappa shape index (κ3) is 4.85. The van der Waals surface area contributed by atoms with Crippen LogP contribution in [-0.4, -0.2) is 32.0 Å². The maximum atomic E-state index is 10.3. The fourth-order valence-electron chi connectivity index (χ4n) is 0.740. The van der Waals surface area contributed by atoms with Gasteiger partial charge in [0.1, 0.15) is 6.29 Å². The van der Waals surface area contributed by atoms with E-state index < -0.39 is 0 Å². The van der Waals surface area contributed by atoms with E-state index in [1.54, 1.807) is 7.11 Å². The molecule has 1 saturated heterocycles. The van der Waals surface area contributed by atoms with E-state index in [1.807, 2.05) is 6.92 Å². The molecule has 0 aromatic carbocycles. The van der Waals surface area contributed by atoms with Crippen LogP contribution >= 0.6 is 0 Å². The van der Waals surface area contributed by atoms with Gasteiger partial charge < -0.3 is 14.8 Å². The highest BCUT2D eigenvalue weighted by Gasteiger charge is 2.18. The lowest BCUT2D eigenvalue weighted by Crippen LogP contribution is -2.25. The van der Waals surface area contributed by atoms with Gasteiger partial charge in [-0.05, 0) is 13.3 Å². The standard InChI is InChI=1S/C5H7NO2.C3H8O/c7-3-4-1-2-5(8)6-4;1-3-4-2/h3-4H,1-2H2,(H,6,8);3H2,1-2H3. The van der Waals surface area contributed by atoms with E-state index in [4.69, 9.17) is 0 Å². The average Bonchev–Trinajstić information content (AvgIpc) is 2.52. The Kier molecular flexibility index (Phi) is 6.28. The minimum atomic E-state index is -0.206. The van der Waals surface area contributed by atoms with Crippen molar-refractivity contribution in [2.75, 3.05) is 13.7 Å². The molecule has 4 heteroatoms. The van der Waals surface area contributed by atoms with Gasteiger partial charge >= 0.3 is 0 Å². The number of carbonyl (C=O) groups is 2. The molecule has 12 heavy (non-hydrogen) atoms. The zero-order chi connectivity index (χ0) is 9.40. The predicted octanol–water partition coefficient (Wildman–Crippen LogP) is 0.117. The number of methoxy groups -OCH3 is 1. The number of rotatable bonds is 2. The Morgan fingerprint density at radius 3 is 2.50 bits per heavy atom. The lowest BCUT2D eigenvalue weighted by molar-refractivity contribution is -0.120. The monoisotopic (exact) mass is 173 g/mol. The largest absolute Gasteiger partial charge is 0.385 e. The van der Waals surface area contributed by atoms with Gasteiger partial charge in [-0.3, -0.25) is 4.79 Å². The molecule has 0 aromatic rings. The zero-order valence-electron chi connectivity index (χ0n) is 7.50. The van der Waals surface area contributed by atoms with Gasteiger partial charge in [0, 0.05) is 20.1 Å². The molecule has 1 unspecified atom stereocenters. The fourth-order valence-corrected chi connectivity index (χ4v) is 0.740. The summed E-state index contributed by atoms with van der Waals surface area (Å²) in [5.74, 6) is -0.0119. The van der Waals surface area contributed by atoms with Crippen LogP contribution in [0, 0.1) is 0 Å². The van der Waals surface area contributed by atoms with Crippen molar-refractivity contribution in [1.82, 2.24) is 5.32 Å². The van der Waals surface area contributed by atoms with Gasteiger partial charge in [0.2, 0.25) is 5.91 Å². The Balaban J connectivity index is 0.000000261. The number of carbonyl (C=O) groups excluding carboxylic acids is 2. The third-order valence-electron chi connectivity index (χ3n) is 1.48. The molecule has 1 heterocycles. The van der Waals surface area contributed by atoms with Crippen molar-refractivity contribution in [1.29, 1.82) is 0 Å². The van der Waals surface area contributed by atoms with Crippen molar-refractivity contribution in [2.45, 2.75) is 25.8 Å². The van der Waals surface area contributed by atoms with Crippen LogP contribution in [0.15, 0.2) is 0 Å². The van der Waals surface area contributed by atoms with Crippen molar-refractivity contribution >= 4 is 12.2 Å². The highest BCUT2D eigenvalue weighted by molar-refractivity contribution is 5.83. The van der Waals surface area contributed by atoms with E-state index in [9.17, 15) is 9.59 Å². The first-order valence-corrected chi connectivity index (χ1v) is 3.98. The van der Waals surface area contributed by atoms with Crippen LogP contribution < -0.4 is 5.32 Å². The Morgan fingerprint density at radius 1 is 1.75 bits per heavy atom. The first-order chi connectivity index (χ1) is 5.74. The summed E-state index contributed by atoms with van der Waals surface area (Å²) < 4.78 is 4.54. The number of nitrogens with one attached hydrogen (secondary N) is 1. The quantitative estimate of drug-likeness (QED) is 0.603. The van der Waals surface area contributed by atoms with Crippen molar-refractivity contribution in [3.8, 4) is 0 Å². The molecule has 1 N–H and O–H groups in total. The summed E-state index contributed by atoms with van der Waals surface area (Å²) >= 11 is 0. The molecular weight excluding hydrogens is 158 g/mol. The highest BCUT2D eigenvalue weighted by Crippen LogP contribution is 2.02. The van der Waals surface area contributed by atoms with Gasteiger partial charge in [-0.25, -0.2) is 0 Å². The molecule has 1 rings (SSSR count). The molecule has 0 spiro atoms. The highest BCUT2D eigenvalue weighted by atomic mass is 16.5. The molecule has 1 aliphatic heterocycles. The second kappa shape index (κ2) is 6.79. The lowest BCUT2D eigenvalue weighted by Gasteiger charge is -1.94. The van der Waals surface area contributed by atoms with Gasteiger partial charge in [0.05, 0.1) is 6.04 Å². The number of ether oxygens (including phenoxy) is 1. The summed E-state index contributed by atoms with van der Waals surface area (Å²) in [6.07, 6.45) is 1.94. The Hall–Kier alpha value is -0.900. The number of hydrogen-bond donors (Lipinski definition) is 1. The van der Waals surface area contributed by atoms with Gasteiger partial charge in [-0.15, -0.1) is 0 Å². The van der Waals surface area contributed by atoms with Gasteiger partial charge in [-0.2, -0.15) is 0 Å². The Bertz CT molecular complexity index is 145. The third-order valence-corrected chi connectivity index (χ3v) is 1.48. The summed E-state index contributed by atoms with van der Waals surface area (Å²) in [7, 11) is 1.68. The summed E-state index contributed by atoms with van der Waals surface area (Å²) in [6, 6.07) is -0.206. The maximum Gasteiger partial charge on any atom is 0.220 e. The average molecular weight is 173 g/mol. The molecule has 70 valence electrons. The lowest BCUT2D eigenvalue weighted by atomic mass is 10.2. The maximum absolute atomic E-state index is 10.3. The van der Waals surface area contributed by atoms with E-state index in [1.165, 1.54) is 0 Å². The zero-order valence-corrected chi connectivity index (χ0v) is 7.50. The molecule has 1 fully saturated rings. The summed E-state index contributed by atoms with van der Waals surface area (Å²) in [6.45, 7) is 2.78. The van der Waals surface area contributed by atoms with Crippen LogP contribution in [0.3, 0.4) is 0 Å². The molecule has 0 aliphatic carbocycles. The minimum absolute atomic E-state index is 0.0119. The second-order valence-corrected chi connectivity index (χ2v) is 2.43. The number of amides is 1. The first kappa shape index (κ1) is 11.1. The molecular formula is C8H15NO3. The van der Waals surface area contributed by atoms with Crippen LogP contribution in [0.5, 0.6) is 0 Å². The molecule has 1 aliphatic rings. The van der Waals surface area contributed by atoms with Crippen molar-refractivity contribution in [2.24, 2.45) is 0 Å². The molecule has 0 bridgehead atoms. The van der Waals surface area contributed by atoms with Gasteiger partial charge in [0.25, 0.3) is 0 Å². The SMILES string of the molecule is CCOC.O=CC1CCC(=O)N1. The summed E-state index contributed by atoms with van der Waals surface area (Å²) in [4.78, 5) is 20.3. The molecule has 0 radical (unpaired) electrons. The van der Waals surface area contributed by atoms with E-state index in [0.717, 1.165) is 12.9 Å². The smallest absolute Gasteiger partial charge is 0.220 e. The normalized spacial score (nSPS) is 20.8. The van der Waals surface area contributed by atoms with E-state index in [0.29, 0.717) is 12.8 Å². The van der Waals surface area contributed by atoms with E-state index >= 15 is 0 Å². The van der Waals surface area contributed by atoms with Crippen molar-refractivity contribution < 1.29 is 14.3 Å². The van der Waals surface area contributed by atoms with E-state index in [2.05, 4.69) is 10.1 Å². The van der Waals surface area contributed by atoms with Crippen LogP contribution in [-0.2, 0) is 14.3 Å². The molecule has 0 aromatic heterocycles. The summed E-state index contributed by atoms with van der Waals surface area (Å²) in [5, 5.41) is 2.50. The van der Waals surface area contributed by atoms with Gasteiger partial charge in [0.15, 0.2) is 0 Å². The predicted molar refractivity (Wildman–Crippen MR) is 44.8 cm³/mol.